The quantitative estimate of drug-likeness (QED) is 0.771. The van der Waals surface area contributed by atoms with E-state index in [1.54, 1.807) is 12.1 Å². The van der Waals surface area contributed by atoms with Gasteiger partial charge in [-0.2, -0.15) is 0 Å². The number of piperazine rings is 1. The van der Waals surface area contributed by atoms with Gasteiger partial charge in [-0.05, 0) is 24.3 Å². The highest BCUT2D eigenvalue weighted by atomic mass is 32.1. The van der Waals surface area contributed by atoms with Crippen molar-refractivity contribution in [3.8, 4) is 5.75 Å². The molecule has 1 aromatic carbocycles. The van der Waals surface area contributed by atoms with Crippen LogP contribution in [-0.4, -0.2) is 42.2 Å². The van der Waals surface area contributed by atoms with Crippen LogP contribution in [0.5, 0.6) is 5.75 Å². The van der Waals surface area contributed by atoms with Crippen molar-refractivity contribution >= 4 is 28.1 Å². The van der Waals surface area contributed by atoms with Gasteiger partial charge in [0.2, 0.25) is 5.91 Å². The van der Waals surface area contributed by atoms with Crippen LogP contribution < -0.4 is 15.1 Å². The highest BCUT2D eigenvalue weighted by Gasteiger charge is 2.21. The predicted molar refractivity (Wildman–Crippen MR) is 91.1 cm³/mol. The standard InChI is InChI=1S/C16H20N4O2S/c1-12(21)17-16-18-13(11-23-16)10-19-6-8-20(9-7-19)14-2-4-15(22)5-3-14/h2-5,11,22H,6-10H2,1H3,(H,17,18,21)/p+1. The molecule has 3 N–H and O–H groups in total. The molecule has 1 aliphatic rings. The molecule has 1 aliphatic heterocycles. The molecule has 0 atom stereocenters. The molecule has 1 fully saturated rings. The molecule has 6 nitrogen and oxygen atoms in total. The van der Waals surface area contributed by atoms with Crippen molar-refractivity contribution in [3.05, 3.63) is 35.3 Å². The molecule has 0 saturated carbocycles. The molecule has 2 aromatic rings. The second-order valence-corrected chi connectivity index (χ2v) is 6.61. The van der Waals surface area contributed by atoms with E-state index in [0.29, 0.717) is 10.9 Å². The topological polar surface area (TPSA) is 69.9 Å². The molecule has 0 spiro atoms. The van der Waals surface area contributed by atoms with E-state index in [9.17, 15) is 9.90 Å². The van der Waals surface area contributed by atoms with Gasteiger partial charge >= 0.3 is 0 Å². The maximum absolute atomic E-state index is 11.0. The number of carbonyl (C=O) groups excluding carboxylic acids is 1. The Labute approximate surface area is 139 Å². The van der Waals surface area contributed by atoms with E-state index in [2.05, 4.69) is 15.2 Å². The zero-order chi connectivity index (χ0) is 16.2. The minimum Gasteiger partial charge on any atom is -0.508 e. The summed E-state index contributed by atoms with van der Waals surface area (Å²) >= 11 is 1.47. The van der Waals surface area contributed by atoms with Crippen LogP contribution in [0.1, 0.15) is 12.6 Å². The normalized spacial score (nSPS) is 15.6. The van der Waals surface area contributed by atoms with Gasteiger partial charge in [0.05, 0.1) is 26.2 Å². The molecule has 0 bridgehead atoms. The fraction of sp³-hybridized carbons (Fsp3) is 0.375. The summed E-state index contributed by atoms with van der Waals surface area (Å²) in [5.74, 6) is 0.220. The first-order valence-electron chi connectivity index (χ1n) is 7.70. The third kappa shape index (κ3) is 4.20. The zero-order valence-corrected chi connectivity index (χ0v) is 13.9. The van der Waals surface area contributed by atoms with Crippen molar-refractivity contribution in [2.24, 2.45) is 0 Å². The molecule has 0 unspecified atom stereocenters. The van der Waals surface area contributed by atoms with E-state index in [1.807, 2.05) is 17.5 Å². The molecule has 7 heteroatoms. The minimum atomic E-state index is -0.0826. The van der Waals surface area contributed by atoms with Gasteiger partial charge in [0, 0.05) is 18.0 Å². The third-order valence-electron chi connectivity index (χ3n) is 3.95. The number of phenols is 1. The Balaban J connectivity index is 1.52. The molecule has 1 amide bonds. The third-order valence-corrected chi connectivity index (χ3v) is 4.76. The maximum atomic E-state index is 11.0. The molecule has 23 heavy (non-hydrogen) atoms. The monoisotopic (exact) mass is 333 g/mol. The summed E-state index contributed by atoms with van der Waals surface area (Å²) in [6.07, 6.45) is 0. The number of aromatic nitrogens is 1. The van der Waals surface area contributed by atoms with Gasteiger partial charge in [-0.1, -0.05) is 0 Å². The van der Waals surface area contributed by atoms with Gasteiger partial charge in [-0.3, -0.25) is 4.79 Å². The Morgan fingerprint density at radius 1 is 1.35 bits per heavy atom. The van der Waals surface area contributed by atoms with Crippen LogP contribution in [0.15, 0.2) is 29.6 Å². The van der Waals surface area contributed by atoms with Crippen LogP contribution in [0.4, 0.5) is 10.8 Å². The first-order chi connectivity index (χ1) is 11.1. The van der Waals surface area contributed by atoms with Crippen LogP contribution in [0.3, 0.4) is 0 Å². The second-order valence-electron chi connectivity index (χ2n) is 5.76. The lowest BCUT2D eigenvalue weighted by atomic mass is 10.2. The lowest BCUT2D eigenvalue weighted by Crippen LogP contribution is -3.13. The largest absolute Gasteiger partial charge is 0.508 e. The summed E-state index contributed by atoms with van der Waals surface area (Å²) in [6.45, 7) is 6.46. The van der Waals surface area contributed by atoms with Crippen molar-refractivity contribution in [2.45, 2.75) is 13.5 Å². The number of thiazole rings is 1. The molecule has 2 heterocycles. The van der Waals surface area contributed by atoms with E-state index < -0.39 is 0 Å². The first kappa shape index (κ1) is 15.8. The number of nitrogens with one attached hydrogen (secondary N) is 2. The molecular formula is C16H21N4O2S+. The Bertz CT molecular complexity index is 663. The Hall–Kier alpha value is -2.12. The van der Waals surface area contributed by atoms with Gasteiger partial charge in [0.1, 0.15) is 18.0 Å². The lowest BCUT2D eigenvalue weighted by molar-refractivity contribution is -0.914. The minimum absolute atomic E-state index is 0.0826. The predicted octanol–water partition coefficient (Wildman–Crippen LogP) is 0.712. The first-order valence-corrected chi connectivity index (χ1v) is 8.57. The van der Waals surface area contributed by atoms with Gasteiger partial charge in [-0.25, -0.2) is 4.98 Å². The zero-order valence-electron chi connectivity index (χ0n) is 13.1. The molecule has 1 aromatic heterocycles. The summed E-state index contributed by atoms with van der Waals surface area (Å²) in [7, 11) is 0. The van der Waals surface area contributed by atoms with E-state index in [-0.39, 0.29) is 5.91 Å². The highest BCUT2D eigenvalue weighted by Crippen LogP contribution is 2.18. The van der Waals surface area contributed by atoms with Crippen LogP contribution in [-0.2, 0) is 11.3 Å². The van der Waals surface area contributed by atoms with Crippen molar-refractivity contribution in [2.75, 3.05) is 36.4 Å². The number of aromatic hydroxyl groups is 1. The van der Waals surface area contributed by atoms with Crippen molar-refractivity contribution < 1.29 is 14.8 Å². The van der Waals surface area contributed by atoms with Crippen LogP contribution >= 0.6 is 11.3 Å². The number of benzene rings is 1. The number of hydrogen-bond acceptors (Lipinski definition) is 5. The highest BCUT2D eigenvalue weighted by molar-refractivity contribution is 7.13. The summed E-state index contributed by atoms with van der Waals surface area (Å²) in [4.78, 5) is 19.3. The SMILES string of the molecule is CC(=O)Nc1nc(C[NH+]2CCN(c3ccc(O)cc3)CC2)cs1. The summed E-state index contributed by atoms with van der Waals surface area (Å²) < 4.78 is 0. The average Bonchev–Trinajstić information content (AvgIpc) is 2.95. The van der Waals surface area contributed by atoms with Crippen LogP contribution in [0.2, 0.25) is 0 Å². The summed E-state index contributed by atoms with van der Waals surface area (Å²) in [5.41, 5.74) is 2.19. The average molecular weight is 333 g/mol. The molecule has 122 valence electrons. The van der Waals surface area contributed by atoms with Crippen LogP contribution in [0, 0.1) is 0 Å². The number of phenolic OH excluding ortho intramolecular Hbond substituents is 1. The van der Waals surface area contributed by atoms with Crippen molar-refractivity contribution in [3.63, 3.8) is 0 Å². The van der Waals surface area contributed by atoms with E-state index in [4.69, 9.17) is 0 Å². The van der Waals surface area contributed by atoms with E-state index in [1.165, 1.54) is 23.2 Å². The second kappa shape index (κ2) is 6.97. The smallest absolute Gasteiger partial charge is 0.223 e. The van der Waals surface area contributed by atoms with Crippen LogP contribution in [0.25, 0.3) is 0 Å². The van der Waals surface area contributed by atoms with E-state index in [0.717, 1.165) is 44.1 Å². The van der Waals surface area contributed by atoms with Gasteiger partial charge in [0.15, 0.2) is 5.13 Å². The molecule has 3 rings (SSSR count). The lowest BCUT2D eigenvalue weighted by Gasteiger charge is -2.33. The van der Waals surface area contributed by atoms with Gasteiger partial charge in [0.25, 0.3) is 0 Å². The molecule has 0 radical (unpaired) electrons. The fourth-order valence-electron chi connectivity index (χ4n) is 2.77. The summed E-state index contributed by atoms with van der Waals surface area (Å²) in [5, 5.41) is 14.8. The van der Waals surface area contributed by atoms with Gasteiger partial charge in [-0.15, -0.1) is 11.3 Å². The Kier molecular flexibility index (Phi) is 4.78. The van der Waals surface area contributed by atoms with Crippen molar-refractivity contribution in [1.29, 1.82) is 0 Å². The number of rotatable bonds is 4. The number of quaternary nitrogens is 1. The van der Waals surface area contributed by atoms with E-state index >= 15 is 0 Å². The number of nitrogens with zero attached hydrogens (tertiary/aromatic N) is 2. The molecular weight excluding hydrogens is 312 g/mol. The van der Waals surface area contributed by atoms with Crippen molar-refractivity contribution in [1.82, 2.24) is 4.98 Å². The fourth-order valence-corrected chi connectivity index (χ4v) is 3.53. The van der Waals surface area contributed by atoms with Gasteiger partial charge < -0.3 is 20.2 Å². The number of hydrogen-bond donors (Lipinski definition) is 3. The summed E-state index contributed by atoms with van der Waals surface area (Å²) in [6, 6.07) is 7.38. The molecule has 0 aliphatic carbocycles. The molecule has 1 saturated heterocycles. The maximum Gasteiger partial charge on any atom is 0.223 e. The number of anilines is 2. The Morgan fingerprint density at radius 3 is 2.70 bits per heavy atom. The number of amides is 1. The Morgan fingerprint density at radius 2 is 2.04 bits per heavy atom. The number of carbonyl (C=O) groups is 1.